The number of piperazine rings is 1. The summed E-state index contributed by atoms with van der Waals surface area (Å²) >= 11 is 0. The Morgan fingerprint density at radius 3 is 2.54 bits per heavy atom. The molecule has 0 aliphatic carbocycles. The predicted molar refractivity (Wildman–Crippen MR) is 89.8 cm³/mol. The Bertz CT molecular complexity index is 641. The summed E-state index contributed by atoms with van der Waals surface area (Å²) in [5.74, 6) is 0.200. The Morgan fingerprint density at radius 2 is 2.04 bits per heavy atom. The number of rotatable bonds is 3. The van der Waals surface area contributed by atoms with Crippen molar-refractivity contribution >= 4 is 17.5 Å². The minimum Gasteiger partial charge on any atom is -0.490 e. The Kier molecular flexibility index (Phi) is 4.86. The zero-order valence-electron chi connectivity index (χ0n) is 14.4. The van der Waals surface area contributed by atoms with Gasteiger partial charge in [0.05, 0.1) is 18.1 Å². The van der Waals surface area contributed by atoms with Gasteiger partial charge in [-0.2, -0.15) is 0 Å². The molecule has 0 spiro atoms. The first-order chi connectivity index (χ1) is 11.1. The van der Waals surface area contributed by atoms with Crippen LogP contribution < -0.4 is 9.64 Å². The van der Waals surface area contributed by atoms with Crippen molar-refractivity contribution in [2.45, 2.75) is 26.8 Å². The number of hydrogen-bond acceptors (Lipinski definition) is 5. The number of ether oxygens (including phenoxy) is 1. The van der Waals surface area contributed by atoms with Gasteiger partial charge in [-0.3, -0.25) is 10.1 Å². The number of nitro groups is 1. The lowest BCUT2D eigenvalue weighted by atomic mass is 9.84. The molecule has 0 bridgehead atoms. The van der Waals surface area contributed by atoms with Crippen LogP contribution >= 0.6 is 0 Å². The molecule has 2 rings (SSSR count). The summed E-state index contributed by atoms with van der Waals surface area (Å²) in [6.07, 6.45) is -0.921. The van der Waals surface area contributed by atoms with Crippen LogP contribution in [0.25, 0.3) is 0 Å². The number of nitrogens with zero attached hydrogens (tertiary/aromatic N) is 3. The molecule has 1 aliphatic rings. The van der Waals surface area contributed by atoms with Crippen LogP contribution in [0.15, 0.2) is 18.2 Å². The van der Waals surface area contributed by atoms with Gasteiger partial charge >= 0.3 is 11.8 Å². The van der Waals surface area contributed by atoms with Crippen molar-refractivity contribution in [2.24, 2.45) is 5.41 Å². The molecule has 1 aromatic carbocycles. The Morgan fingerprint density at radius 1 is 1.38 bits per heavy atom. The summed E-state index contributed by atoms with van der Waals surface area (Å²) < 4.78 is 5.12. The lowest BCUT2D eigenvalue weighted by molar-refractivity contribution is -0.385. The van der Waals surface area contributed by atoms with Gasteiger partial charge in [-0.15, -0.1) is 0 Å². The van der Waals surface area contributed by atoms with E-state index in [1.807, 2.05) is 25.7 Å². The number of nitro benzene ring substituents is 1. The Balaban J connectivity index is 2.30. The molecule has 1 fully saturated rings. The number of anilines is 1. The molecule has 0 aromatic heterocycles. The summed E-state index contributed by atoms with van der Waals surface area (Å²) in [4.78, 5) is 25.5. The molecule has 1 aromatic rings. The maximum atomic E-state index is 11.5. The highest BCUT2D eigenvalue weighted by molar-refractivity contribution is 5.67. The number of methoxy groups -OCH3 is 1. The highest BCUT2D eigenvalue weighted by Crippen LogP contribution is 2.34. The summed E-state index contributed by atoms with van der Waals surface area (Å²) in [6.45, 7) is 7.46. The number of carboxylic acid groups (broad SMARTS) is 1. The van der Waals surface area contributed by atoms with Gasteiger partial charge in [0.1, 0.15) is 0 Å². The van der Waals surface area contributed by atoms with Crippen LogP contribution in [0.5, 0.6) is 5.75 Å². The molecule has 8 nitrogen and oxygen atoms in total. The second-order valence-electron chi connectivity index (χ2n) is 6.92. The molecule has 1 aliphatic heterocycles. The standard InChI is InChI=1S/C16H23N3O5/c1-16(2,3)14-10-17(7-8-18(14)15(20)21)11-5-6-12(19(22)23)13(9-11)24-4/h5-6,9,14H,7-8,10H2,1-4H3,(H,20,21). The van der Waals surface area contributed by atoms with Crippen molar-refractivity contribution in [3.8, 4) is 5.75 Å². The van der Waals surface area contributed by atoms with E-state index < -0.39 is 11.0 Å². The van der Waals surface area contributed by atoms with Crippen molar-refractivity contribution in [3.63, 3.8) is 0 Å². The van der Waals surface area contributed by atoms with Gasteiger partial charge in [0, 0.05) is 37.5 Å². The number of amides is 1. The first kappa shape index (κ1) is 17.8. The van der Waals surface area contributed by atoms with Crippen LogP contribution in [0, 0.1) is 15.5 Å². The van der Waals surface area contributed by atoms with Gasteiger partial charge in [-0.05, 0) is 11.5 Å². The highest BCUT2D eigenvalue weighted by Gasteiger charge is 2.38. The van der Waals surface area contributed by atoms with E-state index in [1.165, 1.54) is 18.1 Å². The molecule has 1 unspecified atom stereocenters. The minimum absolute atomic E-state index is 0.0854. The molecular weight excluding hydrogens is 314 g/mol. The molecule has 1 N–H and O–H groups in total. The van der Waals surface area contributed by atoms with Gasteiger partial charge in [-0.1, -0.05) is 20.8 Å². The quantitative estimate of drug-likeness (QED) is 0.673. The van der Waals surface area contributed by atoms with Gasteiger partial charge in [0.25, 0.3) is 0 Å². The third-order valence-corrected chi connectivity index (χ3v) is 4.35. The molecule has 132 valence electrons. The number of benzene rings is 1. The Labute approximate surface area is 140 Å². The van der Waals surface area contributed by atoms with Crippen molar-refractivity contribution < 1.29 is 19.6 Å². The van der Waals surface area contributed by atoms with Crippen LogP contribution in [0.2, 0.25) is 0 Å². The van der Waals surface area contributed by atoms with Crippen LogP contribution in [-0.2, 0) is 0 Å². The summed E-state index contributed by atoms with van der Waals surface area (Å²) in [5.41, 5.74) is 0.483. The maximum absolute atomic E-state index is 11.5. The second-order valence-corrected chi connectivity index (χ2v) is 6.92. The van der Waals surface area contributed by atoms with Crippen LogP contribution in [0.1, 0.15) is 20.8 Å². The van der Waals surface area contributed by atoms with Crippen molar-refractivity contribution in [1.82, 2.24) is 4.90 Å². The van der Waals surface area contributed by atoms with E-state index in [1.54, 1.807) is 12.1 Å². The zero-order valence-corrected chi connectivity index (χ0v) is 14.4. The topological polar surface area (TPSA) is 96.2 Å². The van der Waals surface area contributed by atoms with E-state index >= 15 is 0 Å². The number of carbonyl (C=O) groups is 1. The summed E-state index contributed by atoms with van der Waals surface area (Å²) in [6, 6.07) is 4.56. The highest BCUT2D eigenvalue weighted by atomic mass is 16.6. The zero-order chi connectivity index (χ0) is 18.1. The molecule has 8 heteroatoms. The van der Waals surface area contributed by atoms with E-state index in [-0.39, 0.29) is 22.9 Å². The lowest BCUT2D eigenvalue weighted by Gasteiger charge is -2.46. The first-order valence-electron chi connectivity index (χ1n) is 7.72. The Hall–Kier alpha value is -2.51. The van der Waals surface area contributed by atoms with E-state index in [0.717, 1.165) is 5.69 Å². The molecule has 24 heavy (non-hydrogen) atoms. The molecule has 0 radical (unpaired) electrons. The largest absolute Gasteiger partial charge is 0.490 e. The SMILES string of the molecule is COc1cc(N2CCN(C(=O)O)C(C(C)(C)C)C2)ccc1[N+](=O)[O-]. The second kappa shape index (κ2) is 6.54. The van der Waals surface area contributed by atoms with E-state index in [0.29, 0.717) is 19.6 Å². The third-order valence-electron chi connectivity index (χ3n) is 4.35. The lowest BCUT2D eigenvalue weighted by Crippen LogP contribution is -2.59. The molecule has 1 amide bonds. The van der Waals surface area contributed by atoms with Crippen molar-refractivity contribution in [2.75, 3.05) is 31.6 Å². The van der Waals surface area contributed by atoms with Crippen LogP contribution in [-0.4, -0.2) is 53.8 Å². The van der Waals surface area contributed by atoms with Gasteiger partial charge in [-0.25, -0.2) is 4.79 Å². The predicted octanol–water partition coefficient (Wildman–Crippen LogP) is 2.82. The fourth-order valence-corrected chi connectivity index (χ4v) is 3.00. The van der Waals surface area contributed by atoms with Gasteiger partial charge in [0.2, 0.25) is 0 Å². The van der Waals surface area contributed by atoms with Crippen molar-refractivity contribution in [3.05, 3.63) is 28.3 Å². The fraction of sp³-hybridized carbons (Fsp3) is 0.562. The minimum atomic E-state index is -0.921. The number of hydrogen-bond donors (Lipinski definition) is 1. The molecule has 1 saturated heterocycles. The molecule has 1 heterocycles. The first-order valence-corrected chi connectivity index (χ1v) is 7.72. The monoisotopic (exact) mass is 337 g/mol. The average molecular weight is 337 g/mol. The van der Waals surface area contributed by atoms with Gasteiger partial charge in [0.15, 0.2) is 5.75 Å². The van der Waals surface area contributed by atoms with E-state index in [2.05, 4.69) is 0 Å². The molecule has 1 atom stereocenters. The normalized spacial score (nSPS) is 18.4. The fourth-order valence-electron chi connectivity index (χ4n) is 3.00. The van der Waals surface area contributed by atoms with Crippen LogP contribution in [0.4, 0.5) is 16.2 Å². The summed E-state index contributed by atoms with van der Waals surface area (Å²) in [5, 5.41) is 20.4. The van der Waals surface area contributed by atoms with E-state index in [4.69, 9.17) is 4.74 Å². The van der Waals surface area contributed by atoms with Gasteiger partial charge < -0.3 is 19.6 Å². The molecule has 0 saturated carbocycles. The van der Waals surface area contributed by atoms with Crippen molar-refractivity contribution in [1.29, 1.82) is 0 Å². The smallest absolute Gasteiger partial charge is 0.407 e. The molecular formula is C16H23N3O5. The maximum Gasteiger partial charge on any atom is 0.407 e. The summed E-state index contributed by atoms with van der Waals surface area (Å²) in [7, 11) is 1.40. The average Bonchev–Trinajstić information content (AvgIpc) is 2.52. The van der Waals surface area contributed by atoms with Crippen LogP contribution in [0.3, 0.4) is 0 Å². The van der Waals surface area contributed by atoms with E-state index in [9.17, 15) is 20.0 Å². The third kappa shape index (κ3) is 3.52.